The molecule has 1 aliphatic carbocycles. The summed E-state index contributed by atoms with van der Waals surface area (Å²) < 4.78 is 0. The van der Waals surface area contributed by atoms with Crippen LogP contribution in [0.15, 0.2) is 66.7 Å². The third-order valence-electron chi connectivity index (χ3n) is 6.97. The maximum Gasteiger partial charge on any atom is 0.235 e. The molecule has 8 heteroatoms. The summed E-state index contributed by atoms with van der Waals surface area (Å²) in [5, 5.41) is 17.6. The molecule has 3 aromatic rings. The number of Topliss-reactive ketones (excluding diaryl/α,β-unsaturated/α-hetero) is 1. The number of amides is 2. The lowest BCUT2D eigenvalue weighted by atomic mass is 9.61. The Balaban J connectivity index is 1.84. The second-order valence-electron chi connectivity index (χ2n) is 9.73. The molecule has 2 amide bonds. The van der Waals surface area contributed by atoms with Crippen molar-refractivity contribution in [3.8, 4) is 0 Å². The van der Waals surface area contributed by atoms with Crippen molar-refractivity contribution in [3.63, 3.8) is 0 Å². The number of hydrogen-bond donors (Lipinski definition) is 3. The Morgan fingerprint density at radius 3 is 1.84 bits per heavy atom. The first-order chi connectivity index (χ1) is 17.5. The molecule has 6 nitrogen and oxygen atoms in total. The third-order valence-corrected chi connectivity index (χ3v) is 7.63. The molecule has 3 N–H and O–H groups in total. The minimum Gasteiger partial charge on any atom is -0.389 e. The van der Waals surface area contributed by atoms with Crippen LogP contribution < -0.4 is 10.6 Å². The van der Waals surface area contributed by atoms with Crippen molar-refractivity contribution in [2.75, 3.05) is 10.6 Å². The molecule has 1 saturated carbocycles. The van der Waals surface area contributed by atoms with E-state index >= 15 is 0 Å². The minimum absolute atomic E-state index is 0.199. The highest BCUT2D eigenvalue weighted by Crippen LogP contribution is 2.50. The summed E-state index contributed by atoms with van der Waals surface area (Å²) >= 11 is 13.1. The lowest BCUT2D eigenvalue weighted by molar-refractivity contribution is -0.150. The van der Waals surface area contributed by atoms with Gasteiger partial charge in [0, 0.05) is 33.8 Å². The highest BCUT2D eigenvalue weighted by Gasteiger charge is 2.56. The van der Waals surface area contributed by atoms with Crippen molar-refractivity contribution in [1.29, 1.82) is 0 Å². The Labute approximate surface area is 226 Å². The number of anilines is 2. The molecule has 1 fully saturated rings. The fourth-order valence-electron chi connectivity index (χ4n) is 5.12. The number of halogens is 2. The van der Waals surface area contributed by atoms with Crippen molar-refractivity contribution >= 4 is 52.2 Å². The first-order valence-electron chi connectivity index (χ1n) is 11.9. The van der Waals surface area contributed by atoms with Gasteiger partial charge in [-0.1, -0.05) is 65.7 Å². The molecular formula is C29H28Cl2N2O4. The Bertz CT molecular complexity index is 1350. The Morgan fingerprint density at radius 2 is 1.32 bits per heavy atom. The Hall–Kier alpha value is -3.19. The zero-order valence-electron chi connectivity index (χ0n) is 20.7. The van der Waals surface area contributed by atoms with E-state index < -0.39 is 41.0 Å². The summed E-state index contributed by atoms with van der Waals surface area (Å²) in [5.74, 6) is -5.28. The van der Waals surface area contributed by atoms with Crippen molar-refractivity contribution in [2.24, 2.45) is 11.8 Å². The van der Waals surface area contributed by atoms with Gasteiger partial charge in [-0.2, -0.15) is 0 Å². The highest BCUT2D eigenvalue weighted by atomic mass is 35.5. The summed E-state index contributed by atoms with van der Waals surface area (Å²) in [5.41, 5.74) is 1.24. The van der Waals surface area contributed by atoms with E-state index in [0.717, 1.165) is 11.1 Å². The van der Waals surface area contributed by atoms with Gasteiger partial charge in [0.2, 0.25) is 11.8 Å². The molecule has 4 rings (SSSR count). The molecule has 0 heterocycles. The van der Waals surface area contributed by atoms with Gasteiger partial charge in [0.05, 0.1) is 11.5 Å². The quantitative estimate of drug-likeness (QED) is 0.351. The normalized spacial score (nSPS) is 23.4. The zero-order valence-corrected chi connectivity index (χ0v) is 22.2. The standard InChI is InChI=1S/C29H28Cl2N2O4/c1-16-9-4-6-13-20(16)32-27(35)24-22(34)15-29(3,37)26(25(24)23-18(30)11-8-12-19(23)31)28(36)33-21-14-7-5-10-17(21)2/h4-14,24-26,37H,15H2,1-3H3,(H,32,35)(H,33,36). The molecule has 1 aliphatic rings. The van der Waals surface area contributed by atoms with E-state index in [2.05, 4.69) is 10.6 Å². The van der Waals surface area contributed by atoms with Gasteiger partial charge in [-0.25, -0.2) is 0 Å². The molecule has 192 valence electrons. The summed E-state index contributed by atoms with van der Waals surface area (Å²) in [6.45, 7) is 5.11. The van der Waals surface area contributed by atoms with E-state index in [9.17, 15) is 19.5 Å². The van der Waals surface area contributed by atoms with Crippen LogP contribution in [0.1, 0.15) is 36.0 Å². The van der Waals surface area contributed by atoms with E-state index in [-0.39, 0.29) is 22.0 Å². The molecule has 0 aromatic heterocycles. The van der Waals surface area contributed by atoms with Gasteiger partial charge in [0.1, 0.15) is 11.7 Å². The molecule has 0 spiro atoms. The van der Waals surface area contributed by atoms with Gasteiger partial charge < -0.3 is 15.7 Å². The predicted octanol–water partition coefficient (Wildman–Crippen LogP) is 5.93. The number of carbonyl (C=O) groups excluding carboxylic acids is 3. The van der Waals surface area contributed by atoms with Gasteiger partial charge in [0.15, 0.2) is 0 Å². The maximum atomic E-state index is 13.8. The lowest BCUT2D eigenvalue weighted by Gasteiger charge is -2.45. The number of hydrogen-bond acceptors (Lipinski definition) is 4. The lowest BCUT2D eigenvalue weighted by Crippen LogP contribution is -2.56. The number of benzene rings is 3. The van der Waals surface area contributed by atoms with E-state index in [1.54, 1.807) is 42.5 Å². The summed E-state index contributed by atoms with van der Waals surface area (Å²) in [4.78, 5) is 41.0. The molecule has 0 radical (unpaired) electrons. The van der Waals surface area contributed by atoms with E-state index in [0.29, 0.717) is 11.4 Å². The Morgan fingerprint density at radius 1 is 0.838 bits per heavy atom. The summed E-state index contributed by atoms with van der Waals surface area (Å²) in [6, 6.07) is 19.2. The van der Waals surface area contributed by atoms with Gasteiger partial charge in [-0.05, 0) is 61.7 Å². The maximum absolute atomic E-state index is 13.8. The van der Waals surface area contributed by atoms with Crippen LogP contribution in [0.5, 0.6) is 0 Å². The molecule has 4 atom stereocenters. The average Bonchev–Trinajstić information content (AvgIpc) is 2.81. The summed E-state index contributed by atoms with van der Waals surface area (Å²) in [7, 11) is 0. The molecule has 0 saturated heterocycles. The third kappa shape index (κ3) is 5.42. The second-order valence-corrected chi connectivity index (χ2v) is 10.5. The second kappa shape index (κ2) is 10.7. The fraction of sp³-hybridized carbons (Fsp3) is 0.276. The van der Waals surface area contributed by atoms with Crippen molar-refractivity contribution in [1.82, 2.24) is 0 Å². The summed E-state index contributed by atoms with van der Waals surface area (Å²) in [6.07, 6.45) is -0.386. The van der Waals surface area contributed by atoms with Gasteiger partial charge in [-0.15, -0.1) is 0 Å². The molecule has 3 aromatic carbocycles. The van der Waals surface area contributed by atoms with Crippen LogP contribution in [-0.2, 0) is 14.4 Å². The van der Waals surface area contributed by atoms with Crippen LogP contribution in [0.4, 0.5) is 11.4 Å². The smallest absolute Gasteiger partial charge is 0.235 e. The molecule has 0 bridgehead atoms. The number of nitrogens with one attached hydrogen (secondary N) is 2. The number of rotatable bonds is 5. The van der Waals surface area contributed by atoms with Crippen molar-refractivity contribution in [3.05, 3.63) is 93.5 Å². The number of aryl methyl sites for hydroxylation is 2. The van der Waals surface area contributed by atoms with Crippen LogP contribution >= 0.6 is 23.2 Å². The number of aliphatic hydroxyl groups is 1. The van der Waals surface area contributed by atoms with Gasteiger partial charge in [0.25, 0.3) is 0 Å². The minimum atomic E-state index is -1.77. The number of carbonyl (C=O) groups is 3. The molecule has 0 aliphatic heterocycles. The first kappa shape index (κ1) is 26.9. The zero-order chi connectivity index (χ0) is 26.9. The fourth-order valence-corrected chi connectivity index (χ4v) is 5.77. The van der Waals surface area contributed by atoms with E-state index in [1.165, 1.54) is 6.92 Å². The highest BCUT2D eigenvalue weighted by molar-refractivity contribution is 6.36. The van der Waals surface area contributed by atoms with Gasteiger partial charge >= 0.3 is 0 Å². The van der Waals surface area contributed by atoms with Crippen LogP contribution in [0.2, 0.25) is 10.0 Å². The number of para-hydroxylation sites is 2. The molecule has 4 unspecified atom stereocenters. The van der Waals surface area contributed by atoms with E-state index in [1.807, 2.05) is 38.1 Å². The van der Waals surface area contributed by atoms with Crippen molar-refractivity contribution in [2.45, 2.75) is 38.7 Å². The number of ketones is 1. The van der Waals surface area contributed by atoms with Crippen LogP contribution in [0.25, 0.3) is 0 Å². The topological polar surface area (TPSA) is 95.5 Å². The largest absolute Gasteiger partial charge is 0.389 e. The molecule has 37 heavy (non-hydrogen) atoms. The van der Waals surface area contributed by atoms with Gasteiger partial charge in [-0.3, -0.25) is 14.4 Å². The van der Waals surface area contributed by atoms with Crippen molar-refractivity contribution < 1.29 is 19.5 Å². The van der Waals surface area contributed by atoms with Crippen LogP contribution in [0, 0.1) is 25.7 Å². The van der Waals surface area contributed by atoms with Crippen LogP contribution in [-0.4, -0.2) is 28.3 Å². The van der Waals surface area contributed by atoms with E-state index in [4.69, 9.17) is 23.2 Å². The van der Waals surface area contributed by atoms with Crippen LogP contribution in [0.3, 0.4) is 0 Å². The average molecular weight is 539 g/mol. The first-order valence-corrected chi connectivity index (χ1v) is 12.7. The molecular weight excluding hydrogens is 511 g/mol. The Kier molecular flexibility index (Phi) is 7.74. The monoisotopic (exact) mass is 538 g/mol. The SMILES string of the molecule is Cc1ccccc1NC(=O)C1C(=O)CC(C)(O)C(C(=O)Nc2ccccc2C)C1c1c(Cl)cccc1Cl. The predicted molar refractivity (Wildman–Crippen MR) is 146 cm³/mol.